The summed E-state index contributed by atoms with van der Waals surface area (Å²) >= 11 is 0. The van der Waals surface area contributed by atoms with Crippen LogP contribution in [0.3, 0.4) is 0 Å². The third-order valence-corrected chi connectivity index (χ3v) is 3.77. The molecule has 16 heavy (non-hydrogen) atoms. The number of hydrogen-bond acceptors (Lipinski definition) is 2. The Hall–Kier alpha value is -0.0800. The second-order valence-electron chi connectivity index (χ2n) is 5.46. The fraction of sp³-hybridized carbons (Fsp3) is 1.00. The number of hydrogen-bond donors (Lipinski definition) is 2. The van der Waals surface area contributed by atoms with Gasteiger partial charge in [0.2, 0.25) is 0 Å². The van der Waals surface area contributed by atoms with Crippen LogP contribution in [0.2, 0.25) is 0 Å². The van der Waals surface area contributed by atoms with Gasteiger partial charge in [0.25, 0.3) is 0 Å². The molecule has 0 radical (unpaired) electrons. The molecule has 1 fully saturated rings. The van der Waals surface area contributed by atoms with Gasteiger partial charge in [-0.05, 0) is 31.7 Å². The lowest BCUT2D eigenvalue weighted by Gasteiger charge is -2.31. The van der Waals surface area contributed by atoms with Gasteiger partial charge in [0.05, 0.1) is 6.10 Å². The summed E-state index contributed by atoms with van der Waals surface area (Å²) < 4.78 is 0. The molecule has 0 spiro atoms. The van der Waals surface area contributed by atoms with E-state index in [4.69, 9.17) is 0 Å². The Kier molecular flexibility index (Phi) is 7.06. The highest BCUT2D eigenvalue weighted by Crippen LogP contribution is 2.20. The SMILES string of the molecule is CCCCCCCC(O)C1CC(C)CCN1. The van der Waals surface area contributed by atoms with Gasteiger partial charge in [-0.1, -0.05) is 46.0 Å². The zero-order chi connectivity index (χ0) is 11.8. The third kappa shape index (κ3) is 5.31. The fourth-order valence-corrected chi connectivity index (χ4v) is 2.60. The maximum absolute atomic E-state index is 10.1. The molecule has 0 amide bonds. The molecule has 1 rings (SSSR count). The predicted molar refractivity (Wildman–Crippen MR) is 69.6 cm³/mol. The van der Waals surface area contributed by atoms with Gasteiger partial charge in [-0.25, -0.2) is 0 Å². The van der Waals surface area contributed by atoms with Gasteiger partial charge in [-0.3, -0.25) is 0 Å². The van der Waals surface area contributed by atoms with E-state index in [1.165, 1.54) is 38.5 Å². The van der Waals surface area contributed by atoms with Crippen molar-refractivity contribution >= 4 is 0 Å². The molecular weight excluding hydrogens is 198 g/mol. The monoisotopic (exact) mass is 227 g/mol. The number of aliphatic hydroxyl groups is 1. The molecular formula is C14H29NO. The Morgan fingerprint density at radius 3 is 2.69 bits per heavy atom. The Labute approximate surface area is 101 Å². The van der Waals surface area contributed by atoms with Crippen LogP contribution in [0.1, 0.15) is 65.2 Å². The molecule has 2 nitrogen and oxygen atoms in total. The molecule has 0 aromatic heterocycles. The average molecular weight is 227 g/mol. The molecule has 3 atom stereocenters. The zero-order valence-corrected chi connectivity index (χ0v) is 11.0. The first kappa shape index (κ1) is 14.0. The first-order valence-corrected chi connectivity index (χ1v) is 7.15. The van der Waals surface area contributed by atoms with Crippen LogP contribution in [0.4, 0.5) is 0 Å². The maximum atomic E-state index is 10.1. The highest BCUT2D eigenvalue weighted by atomic mass is 16.3. The van der Waals surface area contributed by atoms with E-state index < -0.39 is 0 Å². The van der Waals surface area contributed by atoms with Crippen molar-refractivity contribution in [1.82, 2.24) is 5.32 Å². The van der Waals surface area contributed by atoms with Crippen LogP contribution in [0.25, 0.3) is 0 Å². The number of piperidine rings is 1. The van der Waals surface area contributed by atoms with Crippen LogP contribution in [0, 0.1) is 5.92 Å². The predicted octanol–water partition coefficient (Wildman–Crippen LogP) is 3.10. The van der Waals surface area contributed by atoms with Crippen LogP contribution in [0.15, 0.2) is 0 Å². The molecule has 96 valence electrons. The Bertz CT molecular complexity index is 172. The van der Waals surface area contributed by atoms with Crippen LogP contribution in [-0.4, -0.2) is 23.8 Å². The normalized spacial score (nSPS) is 27.9. The summed E-state index contributed by atoms with van der Waals surface area (Å²) in [6.45, 7) is 5.61. The lowest BCUT2D eigenvalue weighted by Crippen LogP contribution is -2.45. The first-order valence-electron chi connectivity index (χ1n) is 7.15. The number of aliphatic hydroxyl groups excluding tert-OH is 1. The highest BCUT2D eigenvalue weighted by Gasteiger charge is 2.24. The molecule has 1 aliphatic heterocycles. The molecule has 0 bridgehead atoms. The largest absolute Gasteiger partial charge is 0.392 e. The maximum Gasteiger partial charge on any atom is 0.0693 e. The summed E-state index contributed by atoms with van der Waals surface area (Å²) in [6, 6.07) is 0.356. The summed E-state index contributed by atoms with van der Waals surface area (Å²) in [4.78, 5) is 0. The Morgan fingerprint density at radius 1 is 1.25 bits per heavy atom. The van der Waals surface area contributed by atoms with Crippen molar-refractivity contribution in [3.05, 3.63) is 0 Å². The molecule has 0 aromatic carbocycles. The topological polar surface area (TPSA) is 32.3 Å². The lowest BCUT2D eigenvalue weighted by atomic mass is 9.89. The van der Waals surface area contributed by atoms with Crippen molar-refractivity contribution in [1.29, 1.82) is 0 Å². The van der Waals surface area contributed by atoms with E-state index in [0.717, 1.165) is 25.3 Å². The van der Waals surface area contributed by atoms with Crippen molar-refractivity contribution < 1.29 is 5.11 Å². The molecule has 2 heteroatoms. The molecule has 0 aliphatic carbocycles. The Balaban J connectivity index is 2.06. The van der Waals surface area contributed by atoms with Crippen molar-refractivity contribution in [3.63, 3.8) is 0 Å². The smallest absolute Gasteiger partial charge is 0.0693 e. The summed E-state index contributed by atoms with van der Waals surface area (Å²) in [6.07, 6.45) is 9.71. The van der Waals surface area contributed by atoms with Crippen LogP contribution in [0.5, 0.6) is 0 Å². The van der Waals surface area contributed by atoms with Crippen LogP contribution in [-0.2, 0) is 0 Å². The van der Waals surface area contributed by atoms with E-state index in [0.29, 0.717) is 6.04 Å². The lowest BCUT2D eigenvalue weighted by molar-refractivity contribution is 0.0909. The average Bonchev–Trinajstić information content (AvgIpc) is 2.28. The zero-order valence-electron chi connectivity index (χ0n) is 11.0. The van der Waals surface area contributed by atoms with Crippen molar-refractivity contribution in [2.24, 2.45) is 5.92 Å². The quantitative estimate of drug-likeness (QED) is 0.655. The van der Waals surface area contributed by atoms with Gasteiger partial charge >= 0.3 is 0 Å². The second kappa shape index (κ2) is 8.08. The van der Waals surface area contributed by atoms with Crippen molar-refractivity contribution in [2.45, 2.75) is 77.4 Å². The highest BCUT2D eigenvalue weighted by molar-refractivity contribution is 4.82. The Morgan fingerprint density at radius 2 is 2.00 bits per heavy atom. The van der Waals surface area contributed by atoms with Gasteiger partial charge in [0.15, 0.2) is 0 Å². The van der Waals surface area contributed by atoms with Crippen molar-refractivity contribution in [2.75, 3.05) is 6.54 Å². The minimum absolute atomic E-state index is 0.121. The minimum Gasteiger partial charge on any atom is -0.392 e. The van der Waals surface area contributed by atoms with Gasteiger partial charge in [0, 0.05) is 6.04 Å². The second-order valence-corrected chi connectivity index (χ2v) is 5.46. The van der Waals surface area contributed by atoms with Gasteiger partial charge < -0.3 is 10.4 Å². The molecule has 0 aromatic rings. The van der Waals surface area contributed by atoms with Gasteiger partial charge in [0.1, 0.15) is 0 Å². The van der Waals surface area contributed by atoms with Gasteiger partial charge in [-0.15, -0.1) is 0 Å². The van der Waals surface area contributed by atoms with Crippen LogP contribution < -0.4 is 5.32 Å². The summed E-state index contributed by atoms with van der Waals surface area (Å²) in [7, 11) is 0. The van der Waals surface area contributed by atoms with E-state index in [1.807, 2.05) is 0 Å². The molecule has 1 heterocycles. The number of rotatable bonds is 7. The first-order chi connectivity index (χ1) is 7.74. The minimum atomic E-state index is -0.121. The fourth-order valence-electron chi connectivity index (χ4n) is 2.60. The van der Waals surface area contributed by atoms with Crippen molar-refractivity contribution in [3.8, 4) is 0 Å². The molecule has 3 unspecified atom stereocenters. The van der Waals surface area contributed by atoms with E-state index in [2.05, 4.69) is 19.2 Å². The van der Waals surface area contributed by atoms with E-state index in [-0.39, 0.29) is 6.10 Å². The molecule has 1 saturated heterocycles. The van der Waals surface area contributed by atoms with Crippen LogP contribution >= 0.6 is 0 Å². The summed E-state index contributed by atoms with van der Waals surface area (Å²) in [5, 5.41) is 13.5. The summed E-state index contributed by atoms with van der Waals surface area (Å²) in [5.41, 5.74) is 0. The molecule has 1 aliphatic rings. The standard InChI is InChI=1S/C14H29NO/c1-3-4-5-6-7-8-14(16)13-11-12(2)9-10-15-13/h12-16H,3-11H2,1-2H3. The number of unbranched alkanes of at least 4 members (excludes halogenated alkanes) is 4. The third-order valence-electron chi connectivity index (χ3n) is 3.77. The molecule has 2 N–H and O–H groups in total. The summed E-state index contributed by atoms with van der Waals surface area (Å²) in [5.74, 6) is 0.779. The number of nitrogens with one attached hydrogen (secondary N) is 1. The molecule has 0 saturated carbocycles. The van der Waals surface area contributed by atoms with E-state index in [9.17, 15) is 5.11 Å². The van der Waals surface area contributed by atoms with E-state index >= 15 is 0 Å². The van der Waals surface area contributed by atoms with E-state index in [1.54, 1.807) is 0 Å². The van der Waals surface area contributed by atoms with Gasteiger partial charge in [-0.2, -0.15) is 0 Å².